The minimum absolute atomic E-state index is 0.0216. The Morgan fingerprint density at radius 3 is 2.21 bits per heavy atom. The standard InChI is InChI=1S/C28H32F6N6O2/c1-6-18(4)42-26(41)39-9-7-8-23(22-10-16(2)17(3)11-24(22)39)40(25-35-37-38(5)36-25)15-19-12-20(27(29,30)31)14-21(13-19)28(32,33)34/h10-14,18,23H,6-9,15H2,1-5H3/t18?,23-/m0/s1. The highest BCUT2D eigenvalue weighted by molar-refractivity contribution is 5.89. The van der Waals surface area contributed by atoms with Gasteiger partial charge in [-0.1, -0.05) is 18.1 Å². The molecule has 0 spiro atoms. The van der Waals surface area contributed by atoms with Crippen LogP contribution in [0.15, 0.2) is 30.3 Å². The molecule has 2 heterocycles. The number of hydrogen-bond acceptors (Lipinski definition) is 6. The number of aryl methyl sites for hydroxylation is 3. The Morgan fingerprint density at radius 2 is 1.67 bits per heavy atom. The van der Waals surface area contributed by atoms with Crippen LogP contribution in [0, 0.1) is 13.8 Å². The molecule has 42 heavy (non-hydrogen) atoms. The molecule has 14 heteroatoms. The third-order valence-electron chi connectivity index (χ3n) is 7.38. The summed E-state index contributed by atoms with van der Waals surface area (Å²) in [6.07, 6.45) is -9.38. The number of aromatic nitrogens is 4. The molecule has 4 rings (SSSR count). The van der Waals surface area contributed by atoms with Gasteiger partial charge in [-0.2, -0.15) is 31.1 Å². The van der Waals surface area contributed by atoms with Crippen LogP contribution in [0.25, 0.3) is 0 Å². The molecule has 1 aromatic heterocycles. The van der Waals surface area contributed by atoms with Crippen LogP contribution < -0.4 is 9.80 Å². The van der Waals surface area contributed by atoms with Gasteiger partial charge >= 0.3 is 18.4 Å². The van der Waals surface area contributed by atoms with Crippen molar-refractivity contribution in [2.75, 3.05) is 16.3 Å². The molecule has 1 aliphatic rings. The Balaban J connectivity index is 1.86. The van der Waals surface area contributed by atoms with Crippen molar-refractivity contribution >= 4 is 17.7 Å². The molecule has 1 unspecified atom stereocenters. The zero-order chi connectivity index (χ0) is 31.0. The summed E-state index contributed by atoms with van der Waals surface area (Å²) < 4.78 is 87.5. The van der Waals surface area contributed by atoms with Gasteiger partial charge in [0.1, 0.15) is 6.10 Å². The van der Waals surface area contributed by atoms with Gasteiger partial charge in [0, 0.05) is 13.1 Å². The number of carbonyl (C=O) groups is 1. The number of benzene rings is 2. The monoisotopic (exact) mass is 598 g/mol. The summed E-state index contributed by atoms with van der Waals surface area (Å²) in [6, 6.07) is 4.60. The number of nitrogens with zero attached hydrogens (tertiary/aromatic N) is 6. The summed E-state index contributed by atoms with van der Waals surface area (Å²) in [4.78, 5) is 17.4. The molecule has 2 atom stereocenters. The molecule has 0 N–H and O–H groups in total. The molecule has 0 aliphatic carbocycles. The molecule has 0 saturated carbocycles. The topological polar surface area (TPSA) is 76.4 Å². The van der Waals surface area contributed by atoms with Crippen molar-refractivity contribution in [2.45, 2.75) is 78.0 Å². The van der Waals surface area contributed by atoms with Crippen molar-refractivity contribution in [1.82, 2.24) is 20.2 Å². The summed E-state index contributed by atoms with van der Waals surface area (Å²) in [5.74, 6) is 0.0216. The molecule has 0 saturated heterocycles. The Kier molecular flexibility index (Phi) is 8.74. The van der Waals surface area contributed by atoms with Crippen molar-refractivity contribution in [2.24, 2.45) is 7.05 Å². The van der Waals surface area contributed by atoms with Gasteiger partial charge in [0.05, 0.1) is 29.9 Å². The lowest BCUT2D eigenvalue weighted by Gasteiger charge is -2.32. The van der Waals surface area contributed by atoms with Crippen LogP contribution >= 0.6 is 0 Å². The first-order valence-electron chi connectivity index (χ1n) is 13.5. The first-order valence-corrected chi connectivity index (χ1v) is 13.5. The van der Waals surface area contributed by atoms with Crippen LogP contribution in [0.5, 0.6) is 0 Å². The first-order chi connectivity index (χ1) is 19.6. The molecule has 228 valence electrons. The average Bonchev–Trinajstić information content (AvgIpc) is 3.25. The number of rotatable bonds is 6. The maximum atomic E-state index is 13.7. The quantitative estimate of drug-likeness (QED) is 0.281. The van der Waals surface area contributed by atoms with Gasteiger partial charge in [-0.25, -0.2) is 4.79 Å². The van der Waals surface area contributed by atoms with Gasteiger partial charge in [0.25, 0.3) is 5.95 Å². The lowest BCUT2D eigenvalue weighted by molar-refractivity contribution is -0.143. The smallest absolute Gasteiger partial charge is 0.416 e. The number of fused-ring (bicyclic) bond motifs is 1. The summed E-state index contributed by atoms with van der Waals surface area (Å²) in [7, 11) is 1.50. The van der Waals surface area contributed by atoms with Crippen LogP contribution in [0.1, 0.15) is 72.5 Å². The van der Waals surface area contributed by atoms with Gasteiger partial charge in [-0.3, -0.25) is 4.90 Å². The fourth-order valence-electron chi connectivity index (χ4n) is 4.89. The summed E-state index contributed by atoms with van der Waals surface area (Å²) >= 11 is 0. The molecular formula is C28H32F6N6O2. The highest BCUT2D eigenvalue weighted by Gasteiger charge is 2.38. The Morgan fingerprint density at radius 1 is 1.05 bits per heavy atom. The lowest BCUT2D eigenvalue weighted by Crippen LogP contribution is -2.34. The average molecular weight is 599 g/mol. The minimum Gasteiger partial charge on any atom is -0.446 e. The number of carbonyl (C=O) groups excluding carboxylic acids is 1. The second kappa shape index (κ2) is 11.8. The van der Waals surface area contributed by atoms with E-state index in [1.807, 2.05) is 32.9 Å². The normalized spacial score (nSPS) is 16.5. The lowest BCUT2D eigenvalue weighted by atomic mass is 9.95. The van der Waals surface area contributed by atoms with E-state index in [4.69, 9.17) is 4.74 Å². The Bertz CT molecular complexity index is 1400. The van der Waals surface area contributed by atoms with Crippen LogP contribution in [-0.4, -0.2) is 38.9 Å². The second-order valence-corrected chi connectivity index (χ2v) is 10.5. The van der Waals surface area contributed by atoms with Crippen LogP contribution in [0.4, 0.5) is 42.8 Å². The fraction of sp³-hybridized carbons (Fsp3) is 0.500. The molecule has 3 aromatic rings. The largest absolute Gasteiger partial charge is 0.446 e. The number of amides is 1. The van der Waals surface area contributed by atoms with Gasteiger partial charge in [-0.05, 0) is 91.8 Å². The maximum Gasteiger partial charge on any atom is 0.416 e. The number of tetrazole rings is 1. The van der Waals surface area contributed by atoms with E-state index in [9.17, 15) is 31.1 Å². The van der Waals surface area contributed by atoms with Crippen molar-refractivity contribution in [1.29, 1.82) is 0 Å². The van der Waals surface area contributed by atoms with E-state index in [1.54, 1.807) is 11.8 Å². The Labute approximate surface area is 239 Å². The fourth-order valence-corrected chi connectivity index (χ4v) is 4.89. The highest BCUT2D eigenvalue weighted by Crippen LogP contribution is 2.42. The number of halogens is 6. The molecule has 0 radical (unpaired) electrons. The number of hydrogen-bond donors (Lipinski definition) is 0. The number of ether oxygens (including phenoxy) is 1. The molecular weight excluding hydrogens is 566 g/mol. The van der Waals surface area contributed by atoms with Crippen molar-refractivity contribution in [3.05, 3.63) is 63.7 Å². The third-order valence-corrected chi connectivity index (χ3v) is 7.38. The molecule has 0 fully saturated rings. The molecule has 1 amide bonds. The third kappa shape index (κ3) is 6.79. The predicted molar refractivity (Wildman–Crippen MR) is 143 cm³/mol. The molecule has 0 bridgehead atoms. The molecule has 8 nitrogen and oxygen atoms in total. The van der Waals surface area contributed by atoms with E-state index in [-0.39, 0.29) is 30.2 Å². The van der Waals surface area contributed by atoms with Gasteiger partial charge in [0.2, 0.25) is 0 Å². The van der Waals surface area contributed by atoms with Crippen molar-refractivity contribution in [3.63, 3.8) is 0 Å². The van der Waals surface area contributed by atoms with Gasteiger partial charge in [0.15, 0.2) is 0 Å². The highest BCUT2D eigenvalue weighted by atomic mass is 19.4. The molecule has 1 aliphatic heterocycles. The summed E-state index contributed by atoms with van der Waals surface area (Å²) in [6.45, 7) is 7.36. The van der Waals surface area contributed by atoms with Crippen LogP contribution in [0.2, 0.25) is 0 Å². The second-order valence-electron chi connectivity index (χ2n) is 10.5. The maximum absolute atomic E-state index is 13.7. The van der Waals surface area contributed by atoms with Crippen LogP contribution in [-0.2, 0) is 30.7 Å². The van der Waals surface area contributed by atoms with Crippen molar-refractivity contribution in [3.8, 4) is 0 Å². The molecule has 2 aromatic carbocycles. The van der Waals surface area contributed by atoms with Gasteiger partial charge in [-0.15, -0.1) is 5.10 Å². The number of alkyl halides is 6. The first kappa shape index (κ1) is 31.1. The van der Waals surface area contributed by atoms with E-state index in [0.717, 1.165) is 15.9 Å². The SMILES string of the molecule is CCC(C)OC(=O)N1CCC[C@H](N(Cc2cc(C(F)(F)F)cc(C(F)(F)F)c2)c2nnn(C)n2)c2cc(C)c(C)cc21. The Hall–Kier alpha value is -3.84. The predicted octanol–water partition coefficient (Wildman–Crippen LogP) is 7.15. The van der Waals surface area contributed by atoms with Gasteiger partial charge < -0.3 is 9.64 Å². The zero-order valence-corrected chi connectivity index (χ0v) is 23.8. The van der Waals surface area contributed by atoms with Crippen LogP contribution in [0.3, 0.4) is 0 Å². The number of anilines is 2. The zero-order valence-electron chi connectivity index (χ0n) is 23.8. The summed E-state index contributed by atoms with van der Waals surface area (Å²) in [5, 5.41) is 12.2. The van der Waals surface area contributed by atoms with E-state index in [0.29, 0.717) is 49.2 Å². The van der Waals surface area contributed by atoms with E-state index < -0.39 is 35.6 Å². The summed E-state index contributed by atoms with van der Waals surface area (Å²) in [5.41, 5.74) is -0.0755. The minimum atomic E-state index is -4.99. The van der Waals surface area contributed by atoms with E-state index in [2.05, 4.69) is 15.4 Å². The van der Waals surface area contributed by atoms with E-state index >= 15 is 0 Å². The van der Waals surface area contributed by atoms with Crippen molar-refractivity contribution < 1.29 is 35.9 Å². The van der Waals surface area contributed by atoms with E-state index in [1.165, 1.54) is 11.9 Å².